The van der Waals surface area contributed by atoms with Gasteiger partial charge in [-0.3, -0.25) is 4.79 Å². The van der Waals surface area contributed by atoms with Crippen LogP contribution in [0.25, 0.3) is 0 Å². The number of carbonyl (C=O) groups excluding carboxylic acids is 1. The number of amides is 1. The quantitative estimate of drug-likeness (QED) is 0.670. The highest BCUT2D eigenvalue weighted by atomic mass is 32.2. The predicted octanol–water partition coefficient (Wildman–Crippen LogP) is 5.10. The molecule has 0 saturated carbocycles. The van der Waals surface area contributed by atoms with Crippen molar-refractivity contribution in [1.29, 1.82) is 0 Å². The topological polar surface area (TPSA) is 33.2 Å². The van der Waals surface area contributed by atoms with Crippen LogP contribution in [0.5, 0.6) is 0 Å². The number of benzene rings is 1. The average molecular weight is 400 g/mol. The van der Waals surface area contributed by atoms with E-state index >= 15 is 0 Å². The summed E-state index contributed by atoms with van der Waals surface area (Å²) in [6.45, 7) is 1.96. The number of alkyl halides is 3. The van der Waals surface area contributed by atoms with E-state index in [1.807, 2.05) is 6.92 Å². The number of hydrogen-bond donors (Lipinski definition) is 0. The summed E-state index contributed by atoms with van der Waals surface area (Å²) in [5, 5.41) is 1.00. The Morgan fingerprint density at radius 1 is 1.42 bits per heavy atom. The summed E-state index contributed by atoms with van der Waals surface area (Å²) in [5.74, 6) is 0.0258. The van der Waals surface area contributed by atoms with Crippen LogP contribution in [0.1, 0.15) is 40.0 Å². The summed E-state index contributed by atoms with van der Waals surface area (Å²) in [5.41, 5.74) is 0.384. The van der Waals surface area contributed by atoms with Gasteiger partial charge in [0, 0.05) is 11.9 Å². The maximum Gasteiger partial charge on any atom is 0.416 e. The summed E-state index contributed by atoms with van der Waals surface area (Å²) in [7, 11) is 1.77. The Morgan fingerprint density at radius 3 is 2.92 bits per heavy atom. The van der Waals surface area contributed by atoms with Gasteiger partial charge in [-0.25, -0.2) is 4.98 Å². The molecule has 1 atom stereocenters. The van der Waals surface area contributed by atoms with Crippen LogP contribution in [-0.4, -0.2) is 28.6 Å². The Bertz CT molecular complexity index is 804. The van der Waals surface area contributed by atoms with E-state index in [-0.39, 0.29) is 17.7 Å². The zero-order valence-corrected chi connectivity index (χ0v) is 16.1. The second kappa shape index (κ2) is 7.60. The van der Waals surface area contributed by atoms with E-state index in [4.69, 9.17) is 0 Å². The molecule has 0 fully saturated rings. The fourth-order valence-corrected chi connectivity index (χ4v) is 5.10. The van der Waals surface area contributed by atoms with E-state index < -0.39 is 11.7 Å². The molecule has 26 heavy (non-hydrogen) atoms. The Labute approximate surface area is 158 Å². The van der Waals surface area contributed by atoms with E-state index in [2.05, 4.69) is 4.98 Å². The first-order valence-corrected chi connectivity index (χ1v) is 10.1. The summed E-state index contributed by atoms with van der Waals surface area (Å²) >= 11 is 2.76. The first-order chi connectivity index (χ1) is 12.3. The number of thiazole rings is 1. The van der Waals surface area contributed by atoms with Crippen molar-refractivity contribution in [2.45, 2.75) is 43.3 Å². The lowest BCUT2D eigenvalue weighted by Crippen LogP contribution is -2.34. The zero-order valence-electron chi connectivity index (χ0n) is 14.5. The van der Waals surface area contributed by atoms with Crippen molar-refractivity contribution >= 4 is 29.0 Å². The van der Waals surface area contributed by atoms with Gasteiger partial charge >= 0.3 is 6.18 Å². The van der Waals surface area contributed by atoms with Crippen LogP contribution in [0.15, 0.2) is 29.2 Å². The third-order valence-corrected chi connectivity index (χ3v) is 6.51. The Morgan fingerprint density at radius 2 is 2.19 bits per heavy atom. The van der Waals surface area contributed by atoms with Gasteiger partial charge in [-0.15, -0.1) is 23.1 Å². The molecule has 3 nitrogen and oxygen atoms in total. The van der Waals surface area contributed by atoms with E-state index in [0.717, 1.165) is 58.7 Å². The fraction of sp³-hybridized carbons (Fsp3) is 0.444. The van der Waals surface area contributed by atoms with Crippen molar-refractivity contribution < 1.29 is 18.0 Å². The lowest BCUT2D eigenvalue weighted by Gasteiger charge is -2.30. The second-order valence-corrected chi connectivity index (χ2v) is 8.55. The van der Waals surface area contributed by atoms with E-state index in [1.54, 1.807) is 29.4 Å². The number of aryl methyl sites for hydroxylation is 2. The maximum absolute atomic E-state index is 12.8. The van der Waals surface area contributed by atoms with Gasteiger partial charge in [0.25, 0.3) is 0 Å². The van der Waals surface area contributed by atoms with Crippen molar-refractivity contribution in [3.63, 3.8) is 0 Å². The molecule has 2 aromatic rings. The number of thioether (sulfide) groups is 1. The molecule has 0 N–H and O–H groups in total. The summed E-state index contributed by atoms with van der Waals surface area (Å²) < 4.78 is 38.4. The van der Waals surface area contributed by atoms with Crippen molar-refractivity contribution in [2.75, 3.05) is 12.8 Å². The van der Waals surface area contributed by atoms with Crippen molar-refractivity contribution in [2.24, 2.45) is 0 Å². The van der Waals surface area contributed by atoms with Crippen LogP contribution in [0.2, 0.25) is 0 Å². The number of rotatable bonds is 4. The third-order valence-electron chi connectivity index (χ3n) is 4.41. The molecule has 0 radical (unpaired) electrons. The molecule has 8 heteroatoms. The largest absolute Gasteiger partial charge is 0.416 e. The smallest absolute Gasteiger partial charge is 0.337 e. The number of hydrogen-bond acceptors (Lipinski definition) is 4. The maximum atomic E-state index is 12.8. The molecule has 0 spiro atoms. The van der Waals surface area contributed by atoms with Crippen LogP contribution in [0.3, 0.4) is 0 Å². The lowest BCUT2D eigenvalue weighted by atomic mass is 9.97. The zero-order chi connectivity index (χ0) is 18.9. The van der Waals surface area contributed by atoms with Crippen molar-refractivity contribution in [3.8, 4) is 0 Å². The minimum Gasteiger partial charge on any atom is -0.337 e. The summed E-state index contributed by atoms with van der Waals surface area (Å²) in [6, 6.07) is 5.10. The van der Waals surface area contributed by atoms with Crippen LogP contribution in [-0.2, 0) is 17.4 Å². The molecule has 1 aromatic carbocycles. The first kappa shape index (κ1) is 19.2. The Balaban J connectivity index is 1.66. The third kappa shape index (κ3) is 4.23. The van der Waals surface area contributed by atoms with E-state index in [9.17, 15) is 18.0 Å². The molecule has 1 unspecified atom stereocenters. The van der Waals surface area contributed by atoms with Crippen LogP contribution >= 0.6 is 23.1 Å². The van der Waals surface area contributed by atoms with Crippen LogP contribution in [0.4, 0.5) is 13.2 Å². The van der Waals surface area contributed by atoms with E-state index in [0.29, 0.717) is 4.90 Å². The predicted molar refractivity (Wildman–Crippen MR) is 97.5 cm³/mol. The number of aromatic nitrogens is 1. The molecule has 140 valence electrons. The van der Waals surface area contributed by atoms with Crippen molar-refractivity contribution in [1.82, 2.24) is 9.88 Å². The van der Waals surface area contributed by atoms with E-state index in [1.165, 1.54) is 6.07 Å². The van der Waals surface area contributed by atoms with Gasteiger partial charge < -0.3 is 4.90 Å². The van der Waals surface area contributed by atoms with Crippen LogP contribution in [0, 0.1) is 6.92 Å². The van der Waals surface area contributed by atoms with Crippen LogP contribution < -0.4 is 0 Å². The minimum absolute atomic E-state index is 0.0135. The molecule has 1 aromatic heterocycles. The average Bonchev–Trinajstić information content (AvgIpc) is 2.98. The van der Waals surface area contributed by atoms with Gasteiger partial charge in [-0.1, -0.05) is 6.07 Å². The lowest BCUT2D eigenvalue weighted by molar-refractivity contribution is -0.137. The number of nitrogens with zero attached hydrogens (tertiary/aromatic N) is 2. The Hall–Kier alpha value is -1.54. The van der Waals surface area contributed by atoms with Gasteiger partial charge in [0.2, 0.25) is 5.91 Å². The molecule has 0 bridgehead atoms. The molecule has 1 heterocycles. The number of carbonyl (C=O) groups is 1. The minimum atomic E-state index is -4.38. The van der Waals surface area contributed by atoms with Gasteiger partial charge in [0.05, 0.1) is 32.9 Å². The first-order valence-electron chi connectivity index (χ1n) is 8.27. The van der Waals surface area contributed by atoms with Gasteiger partial charge in [0.15, 0.2) is 0 Å². The van der Waals surface area contributed by atoms with Gasteiger partial charge in [-0.2, -0.15) is 13.2 Å². The summed E-state index contributed by atoms with van der Waals surface area (Å²) in [4.78, 5) is 20.4. The highest BCUT2D eigenvalue weighted by molar-refractivity contribution is 8.00. The molecule has 0 saturated heterocycles. The molecule has 3 rings (SSSR count). The highest BCUT2D eigenvalue weighted by Crippen LogP contribution is 2.38. The molecular weight excluding hydrogens is 381 g/mol. The molecule has 1 aliphatic carbocycles. The fourth-order valence-electron chi connectivity index (χ4n) is 3.07. The molecule has 1 amide bonds. The molecule has 0 aliphatic heterocycles. The number of halogens is 3. The standard InChI is InChI=1S/C18H19F3N2OS2/c1-11-22-14-7-4-8-15(17(14)26-11)23(2)16(24)10-25-13-6-3-5-12(9-13)18(19,20)21/h3,5-6,9,15H,4,7-8,10H2,1-2H3. The second-order valence-electron chi connectivity index (χ2n) is 6.27. The SMILES string of the molecule is Cc1nc2c(s1)C(N(C)C(=O)CSc1cccc(C(F)(F)F)c1)CCC2. The highest BCUT2D eigenvalue weighted by Gasteiger charge is 2.31. The Kier molecular flexibility index (Phi) is 5.62. The van der Waals surface area contributed by atoms with Gasteiger partial charge in [0.1, 0.15) is 0 Å². The molecular formula is C18H19F3N2OS2. The summed E-state index contributed by atoms with van der Waals surface area (Å²) in [6.07, 6.45) is -1.55. The van der Waals surface area contributed by atoms with Gasteiger partial charge in [-0.05, 0) is 44.4 Å². The number of fused-ring (bicyclic) bond motifs is 1. The molecule has 1 aliphatic rings. The monoisotopic (exact) mass is 400 g/mol. The normalized spacial score (nSPS) is 17.0. The van der Waals surface area contributed by atoms with Crippen molar-refractivity contribution in [3.05, 3.63) is 45.4 Å².